The maximum absolute atomic E-state index is 5.51. The Morgan fingerprint density at radius 2 is 1.73 bits per heavy atom. The van der Waals surface area contributed by atoms with E-state index >= 15 is 0 Å². The van der Waals surface area contributed by atoms with Crippen molar-refractivity contribution < 1.29 is 4.74 Å². The molecule has 76 valence electrons. The third-order valence-corrected chi connectivity index (χ3v) is 2.61. The normalized spacial score (nSPS) is 10.0. The topological polar surface area (TPSA) is 35.0 Å². The Morgan fingerprint density at radius 1 is 1.00 bits per heavy atom. The highest BCUT2D eigenvalue weighted by Crippen LogP contribution is 2.22. The van der Waals surface area contributed by atoms with Crippen LogP contribution in [0, 0.1) is 0 Å². The SMILES string of the molecule is Brc1ccc(Oc2cc(Br)ncn2)cc1. The predicted octanol–water partition coefficient (Wildman–Crippen LogP) is 3.79. The van der Waals surface area contributed by atoms with Crippen molar-refractivity contribution in [2.45, 2.75) is 0 Å². The van der Waals surface area contributed by atoms with Crippen molar-refractivity contribution in [2.24, 2.45) is 0 Å². The molecular weight excluding hydrogens is 324 g/mol. The minimum absolute atomic E-state index is 0.513. The molecule has 1 aromatic carbocycles. The molecule has 1 aromatic heterocycles. The van der Waals surface area contributed by atoms with Crippen molar-refractivity contribution in [3.8, 4) is 11.6 Å². The number of halogens is 2. The molecule has 0 radical (unpaired) electrons. The lowest BCUT2D eigenvalue weighted by Crippen LogP contribution is -1.88. The molecule has 1 heterocycles. The van der Waals surface area contributed by atoms with E-state index in [0.717, 1.165) is 10.2 Å². The van der Waals surface area contributed by atoms with E-state index in [4.69, 9.17) is 4.74 Å². The lowest BCUT2D eigenvalue weighted by atomic mass is 10.3. The monoisotopic (exact) mass is 328 g/mol. The summed E-state index contributed by atoms with van der Waals surface area (Å²) in [5.41, 5.74) is 0. The van der Waals surface area contributed by atoms with Crippen molar-refractivity contribution in [1.82, 2.24) is 9.97 Å². The number of hydrogen-bond donors (Lipinski definition) is 0. The van der Waals surface area contributed by atoms with Crippen LogP contribution in [0.3, 0.4) is 0 Å². The summed E-state index contributed by atoms with van der Waals surface area (Å²) in [6.45, 7) is 0. The number of ether oxygens (including phenoxy) is 1. The smallest absolute Gasteiger partial charge is 0.223 e. The number of benzene rings is 1. The molecular formula is C10H6Br2N2O. The van der Waals surface area contributed by atoms with Crippen molar-refractivity contribution in [3.05, 3.63) is 45.7 Å². The lowest BCUT2D eigenvalue weighted by molar-refractivity contribution is 0.461. The molecule has 0 saturated carbocycles. The number of hydrogen-bond acceptors (Lipinski definition) is 3. The predicted molar refractivity (Wildman–Crippen MR) is 63.9 cm³/mol. The Kier molecular flexibility index (Phi) is 3.33. The minimum atomic E-state index is 0.513. The lowest BCUT2D eigenvalue weighted by Gasteiger charge is -2.03. The zero-order valence-corrected chi connectivity index (χ0v) is 10.7. The summed E-state index contributed by atoms with van der Waals surface area (Å²) in [7, 11) is 0. The number of nitrogens with zero attached hydrogens (tertiary/aromatic N) is 2. The van der Waals surface area contributed by atoms with Gasteiger partial charge < -0.3 is 4.74 Å². The summed E-state index contributed by atoms with van der Waals surface area (Å²) in [4.78, 5) is 7.90. The first kappa shape index (κ1) is 10.6. The van der Waals surface area contributed by atoms with Gasteiger partial charge in [0, 0.05) is 10.5 Å². The average Bonchev–Trinajstić information content (AvgIpc) is 2.22. The molecule has 2 aromatic rings. The number of rotatable bonds is 2. The molecule has 0 aliphatic heterocycles. The van der Waals surface area contributed by atoms with Crippen LogP contribution >= 0.6 is 31.9 Å². The van der Waals surface area contributed by atoms with Gasteiger partial charge in [0.05, 0.1) is 0 Å². The second-order valence-electron chi connectivity index (χ2n) is 2.73. The molecule has 0 atom stereocenters. The molecule has 2 rings (SSSR count). The third kappa shape index (κ3) is 3.00. The van der Waals surface area contributed by atoms with Gasteiger partial charge in [-0.25, -0.2) is 9.97 Å². The zero-order valence-electron chi connectivity index (χ0n) is 7.52. The van der Waals surface area contributed by atoms with Crippen LogP contribution in [0.2, 0.25) is 0 Å². The van der Waals surface area contributed by atoms with Gasteiger partial charge in [-0.1, -0.05) is 15.9 Å². The maximum atomic E-state index is 5.51. The van der Waals surface area contributed by atoms with E-state index < -0.39 is 0 Å². The second-order valence-corrected chi connectivity index (χ2v) is 4.46. The number of aromatic nitrogens is 2. The largest absolute Gasteiger partial charge is 0.439 e. The second kappa shape index (κ2) is 4.72. The summed E-state index contributed by atoms with van der Waals surface area (Å²) in [6, 6.07) is 9.25. The Bertz CT molecular complexity index is 459. The van der Waals surface area contributed by atoms with Gasteiger partial charge in [-0.05, 0) is 40.2 Å². The molecule has 3 nitrogen and oxygen atoms in total. The van der Waals surface area contributed by atoms with Gasteiger partial charge in [-0.2, -0.15) is 0 Å². The molecule has 0 bridgehead atoms. The van der Waals surface area contributed by atoms with E-state index in [2.05, 4.69) is 41.8 Å². The quantitative estimate of drug-likeness (QED) is 0.786. The molecule has 0 fully saturated rings. The highest BCUT2D eigenvalue weighted by molar-refractivity contribution is 9.10. The molecule has 0 N–H and O–H groups in total. The maximum Gasteiger partial charge on any atom is 0.223 e. The van der Waals surface area contributed by atoms with Crippen molar-refractivity contribution >= 4 is 31.9 Å². The first-order valence-electron chi connectivity index (χ1n) is 4.15. The molecule has 0 amide bonds. The van der Waals surface area contributed by atoms with Crippen LogP contribution < -0.4 is 4.74 Å². The molecule has 0 saturated heterocycles. The standard InChI is InChI=1S/C10H6Br2N2O/c11-7-1-3-8(4-2-7)15-10-5-9(12)13-6-14-10/h1-6H. The first-order valence-corrected chi connectivity index (χ1v) is 5.73. The van der Waals surface area contributed by atoms with Crippen LogP contribution in [0.15, 0.2) is 45.7 Å². The molecule has 0 spiro atoms. The van der Waals surface area contributed by atoms with Gasteiger partial charge in [-0.3, -0.25) is 0 Å². The Hall–Kier alpha value is -0.940. The highest BCUT2D eigenvalue weighted by atomic mass is 79.9. The van der Waals surface area contributed by atoms with Crippen molar-refractivity contribution in [1.29, 1.82) is 0 Å². The van der Waals surface area contributed by atoms with Crippen LogP contribution in [-0.2, 0) is 0 Å². The Balaban J connectivity index is 2.18. The van der Waals surface area contributed by atoms with Crippen LogP contribution in [0.5, 0.6) is 11.6 Å². The zero-order chi connectivity index (χ0) is 10.7. The minimum Gasteiger partial charge on any atom is -0.439 e. The Morgan fingerprint density at radius 3 is 2.40 bits per heavy atom. The fourth-order valence-electron chi connectivity index (χ4n) is 0.997. The van der Waals surface area contributed by atoms with Crippen LogP contribution in [0.4, 0.5) is 0 Å². The first-order chi connectivity index (χ1) is 7.24. The average molecular weight is 330 g/mol. The summed E-state index contributed by atoms with van der Waals surface area (Å²) in [5, 5.41) is 0. The van der Waals surface area contributed by atoms with Gasteiger partial charge in [0.1, 0.15) is 16.7 Å². The van der Waals surface area contributed by atoms with Gasteiger partial charge in [0.2, 0.25) is 5.88 Å². The molecule has 5 heteroatoms. The molecule has 15 heavy (non-hydrogen) atoms. The molecule has 0 aliphatic rings. The van der Waals surface area contributed by atoms with E-state index in [0.29, 0.717) is 10.5 Å². The van der Waals surface area contributed by atoms with E-state index in [-0.39, 0.29) is 0 Å². The highest BCUT2D eigenvalue weighted by Gasteiger charge is 1.99. The van der Waals surface area contributed by atoms with Gasteiger partial charge in [-0.15, -0.1) is 0 Å². The summed E-state index contributed by atoms with van der Waals surface area (Å²) >= 11 is 6.60. The van der Waals surface area contributed by atoms with E-state index in [9.17, 15) is 0 Å². The van der Waals surface area contributed by atoms with Crippen molar-refractivity contribution in [2.75, 3.05) is 0 Å². The van der Waals surface area contributed by atoms with Crippen LogP contribution in [-0.4, -0.2) is 9.97 Å². The van der Waals surface area contributed by atoms with Crippen molar-refractivity contribution in [3.63, 3.8) is 0 Å². The fourth-order valence-corrected chi connectivity index (χ4v) is 1.55. The third-order valence-electron chi connectivity index (χ3n) is 1.64. The summed E-state index contributed by atoms with van der Waals surface area (Å²) < 4.78 is 7.22. The van der Waals surface area contributed by atoms with E-state index in [1.165, 1.54) is 6.33 Å². The van der Waals surface area contributed by atoms with Gasteiger partial charge in [0.15, 0.2) is 0 Å². The van der Waals surface area contributed by atoms with Gasteiger partial charge >= 0.3 is 0 Å². The molecule has 0 unspecified atom stereocenters. The fraction of sp³-hybridized carbons (Fsp3) is 0. The van der Waals surface area contributed by atoms with E-state index in [1.54, 1.807) is 6.07 Å². The van der Waals surface area contributed by atoms with E-state index in [1.807, 2.05) is 24.3 Å². The summed E-state index contributed by atoms with van der Waals surface area (Å²) in [6.07, 6.45) is 1.44. The molecule has 0 aliphatic carbocycles. The van der Waals surface area contributed by atoms with Crippen LogP contribution in [0.25, 0.3) is 0 Å². The van der Waals surface area contributed by atoms with Gasteiger partial charge in [0.25, 0.3) is 0 Å². The van der Waals surface area contributed by atoms with Crippen LogP contribution in [0.1, 0.15) is 0 Å². The Labute approximate surface area is 104 Å². The summed E-state index contributed by atoms with van der Waals surface area (Å²) in [5.74, 6) is 1.25.